The zero-order valence-corrected chi connectivity index (χ0v) is 23.4. The maximum atomic E-state index is 2.42. The lowest BCUT2D eigenvalue weighted by Gasteiger charge is -2.42. The van der Waals surface area contributed by atoms with Crippen molar-refractivity contribution in [2.24, 2.45) is 0 Å². The summed E-state index contributed by atoms with van der Waals surface area (Å²) in [6.45, 7) is 4.67. The molecule has 0 radical (unpaired) electrons. The van der Waals surface area contributed by atoms with E-state index in [9.17, 15) is 0 Å². The zero-order chi connectivity index (χ0) is 27.8. The molecule has 7 rings (SSSR count). The molecular weight excluding hydrogens is 496 g/mol. The van der Waals surface area contributed by atoms with Gasteiger partial charge in [0, 0.05) is 28.2 Å². The third-order valence-corrected chi connectivity index (χ3v) is 8.23. The van der Waals surface area contributed by atoms with Crippen molar-refractivity contribution in [3.8, 4) is 11.1 Å². The normalized spacial score (nSPS) is 13.3. The molecule has 1 heterocycles. The lowest BCUT2D eigenvalue weighted by atomic mass is 9.73. The SMILES string of the molecule is CC1(C)c2ccccc2N(c2ccccc2)c2cc(N(c3ccccc3)c3ccc(-c4ccccc4)cc3)ccc21. The molecule has 0 amide bonds. The second kappa shape index (κ2) is 10.1. The molecule has 2 nitrogen and oxygen atoms in total. The molecule has 2 heteroatoms. The number of benzene rings is 6. The molecule has 41 heavy (non-hydrogen) atoms. The first-order valence-corrected chi connectivity index (χ1v) is 14.2. The number of nitrogens with zero attached hydrogens (tertiary/aromatic N) is 2. The Kier molecular flexibility index (Phi) is 6.17. The molecule has 0 N–H and O–H groups in total. The summed E-state index contributed by atoms with van der Waals surface area (Å²) in [6.07, 6.45) is 0. The van der Waals surface area contributed by atoms with Crippen molar-refractivity contribution in [2.75, 3.05) is 9.80 Å². The molecule has 0 fully saturated rings. The molecule has 0 atom stereocenters. The van der Waals surface area contributed by atoms with Gasteiger partial charge in [0.05, 0.1) is 11.4 Å². The van der Waals surface area contributed by atoms with Crippen LogP contribution < -0.4 is 9.80 Å². The van der Waals surface area contributed by atoms with Crippen LogP contribution in [0.15, 0.2) is 158 Å². The second-order valence-electron chi connectivity index (χ2n) is 11.1. The summed E-state index contributed by atoms with van der Waals surface area (Å²) < 4.78 is 0. The average Bonchev–Trinajstić information content (AvgIpc) is 3.03. The summed E-state index contributed by atoms with van der Waals surface area (Å²) in [7, 11) is 0. The third-order valence-electron chi connectivity index (χ3n) is 8.23. The fraction of sp³-hybridized carbons (Fsp3) is 0.0769. The first-order chi connectivity index (χ1) is 20.1. The maximum absolute atomic E-state index is 2.42. The topological polar surface area (TPSA) is 6.48 Å². The third kappa shape index (κ3) is 4.38. The van der Waals surface area contributed by atoms with Gasteiger partial charge in [-0.05, 0) is 76.9 Å². The number of anilines is 6. The van der Waals surface area contributed by atoms with Crippen LogP contribution in [0.3, 0.4) is 0 Å². The van der Waals surface area contributed by atoms with Gasteiger partial charge < -0.3 is 9.80 Å². The Balaban J connectivity index is 1.40. The summed E-state index contributed by atoms with van der Waals surface area (Å²) in [5, 5.41) is 0. The molecule has 0 bridgehead atoms. The highest BCUT2D eigenvalue weighted by Crippen LogP contribution is 2.53. The average molecular weight is 529 g/mol. The molecule has 6 aromatic carbocycles. The van der Waals surface area contributed by atoms with Crippen LogP contribution in [-0.2, 0) is 5.41 Å². The highest BCUT2D eigenvalue weighted by atomic mass is 15.2. The first-order valence-electron chi connectivity index (χ1n) is 14.2. The van der Waals surface area contributed by atoms with E-state index in [0.717, 1.165) is 22.7 Å². The minimum Gasteiger partial charge on any atom is -0.310 e. The van der Waals surface area contributed by atoms with Crippen molar-refractivity contribution in [3.05, 3.63) is 169 Å². The molecule has 0 saturated carbocycles. The van der Waals surface area contributed by atoms with Crippen molar-refractivity contribution in [1.82, 2.24) is 0 Å². The summed E-state index contributed by atoms with van der Waals surface area (Å²) in [4.78, 5) is 4.77. The molecule has 0 spiro atoms. The highest BCUT2D eigenvalue weighted by molar-refractivity contribution is 5.89. The predicted molar refractivity (Wildman–Crippen MR) is 173 cm³/mol. The quantitative estimate of drug-likeness (QED) is 0.220. The lowest BCUT2D eigenvalue weighted by molar-refractivity contribution is 0.632. The molecule has 0 aliphatic carbocycles. The van der Waals surface area contributed by atoms with E-state index in [1.807, 2.05) is 0 Å². The summed E-state index contributed by atoms with van der Waals surface area (Å²) in [6, 6.07) is 56.6. The van der Waals surface area contributed by atoms with Gasteiger partial charge in [0.2, 0.25) is 0 Å². The van der Waals surface area contributed by atoms with Gasteiger partial charge >= 0.3 is 0 Å². The van der Waals surface area contributed by atoms with Gasteiger partial charge in [-0.2, -0.15) is 0 Å². The molecule has 0 saturated heterocycles. The monoisotopic (exact) mass is 528 g/mol. The molecular formula is C39H32N2. The van der Waals surface area contributed by atoms with Gasteiger partial charge in [0.25, 0.3) is 0 Å². The van der Waals surface area contributed by atoms with Gasteiger partial charge in [-0.15, -0.1) is 0 Å². The molecule has 6 aromatic rings. The van der Waals surface area contributed by atoms with Crippen molar-refractivity contribution in [3.63, 3.8) is 0 Å². The van der Waals surface area contributed by atoms with E-state index in [1.165, 1.54) is 33.6 Å². The smallest absolute Gasteiger partial charge is 0.0523 e. The predicted octanol–water partition coefficient (Wildman–Crippen LogP) is 10.9. The van der Waals surface area contributed by atoms with Crippen LogP contribution in [-0.4, -0.2) is 0 Å². The number of rotatable bonds is 5. The van der Waals surface area contributed by atoms with E-state index in [0.29, 0.717) is 0 Å². The number of fused-ring (bicyclic) bond motifs is 2. The lowest BCUT2D eigenvalue weighted by Crippen LogP contribution is -2.30. The van der Waals surface area contributed by atoms with Gasteiger partial charge in [-0.3, -0.25) is 0 Å². The van der Waals surface area contributed by atoms with Crippen LogP contribution in [0.25, 0.3) is 11.1 Å². The van der Waals surface area contributed by atoms with Crippen molar-refractivity contribution < 1.29 is 0 Å². The zero-order valence-electron chi connectivity index (χ0n) is 23.4. The Labute approximate surface area is 242 Å². The maximum Gasteiger partial charge on any atom is 0.0523 e. The molecule has 1 aliphatic heterocycles. The van der Waals surface area contributed by atoms with Crippen LogP contribution in [0.5, 0.6) is 0 Å². The van der Waals surface area contributed by atoms with E-state index in [2.05, 4.69) is 181 Å². The van der Waals surface area contributed by atoms with E-state index < -0.39 is 0 Å². The first kappa shape index (κ1) is 24.9. The van der Waals surface area contributed by atoms with Gasteiger partial charge in [0.15, 0.2) is 0 Å². The van der Waals surface area contributed by atoms with Crippen LogP contribution >= 0.6 is 0 Å². The van der Waals surface area contributed by atoms with E-state index in [4.69, 9.17) is 0 Å². The number of hydrogen-bond acceptors (Lipinski definition) is 2. The largest absolute Gasteiger partial charge is 0.310 e. The fourth-order valence-electron chi connectivity index (χ4n) is 6.16. The van der Waals surface area contributed by atoms with Crippen LogP contribution in [0, 0.1) is 0 Å². The number of para-hydroxylation sites is 3. The second-order valence-corrected chi connectivity index (χ2v) is 11.1. The van der Waals surface area contributed by atoms with Crippen molar-refractivity contribution >= 4 is 34.1 Å². The van der Waals surface area contributed by atoms with Gasteiger partial charge in [-0.25, -0.2) is 0 Å². The molecule has 1 aliphatic rings. The standard InChI is InChI=1S/C39H32N2/c1-39(2)35-20-12-13-21-37(35)41(32-18-10-5-11-19-32)38-28-34(26-27-36(38)39)40(31-16-8-4-9-17-31)33-24-22-30(23-25-33)29-14-6-3-7-15-29/h3-28H,1-2H3. The van der Waals surface area contributed by atoms with E-state index in [1.54, 1.807) is 0 Å². The Morgan fingerprint density at radius 2 is 0.951 bits per heavy atom. The molecule has 198 valence electrons. The van der Waals surface area contributed by atoms with Gasteiger partial charge in [-0.1, -0.05) is 117 Å². The molecule has 0 unspecified atom stereocenters. The minimum absolute atomic E-state index is 0.134. The Morgan fingerprint density at radius 3 is 1.66 bits per heavy atom. The number of hydrogen-bond donors (Lipinski definition) is 0. The highest BCUT2D eigenvalue weighted by Gasteiger charge is 2.37. The fourth-order valence-corrected chi connectivity index (χ4v) is 6.16. The van der Waals surface area contributed by atoms with Gasteiger partial charge in [0.1, 0.15) is 0 Å². The van der Waals surface area contributed by atoms with E-state index >= 15 is 0 Å². The summed E-state index contributed by atoms with van der Waals surface area (Å²) in [5.41, 5.74) is 11.9. The van der Waals surface area contributed by atoms with Crippen molar-refractivity contribution in [2.45, 2.75) is 19.3 Å². The Hall–Kier alpha value is -5.08. The summed E-state index contributed by atoms with van der Waals surface area (Å²) in [5.74, 6) is 0. The van der Waals surface area contributed by atoms with Crippen LogP contribution in [0.1, 0.15) is 25.0 Å². The van der Waals surface area contributed by atoms with Crippen LogP contribution in [0.2, 0.25) is 0 Å². The van der Waals surface area contributed by atoms with Crippen molar-refractivity contribution in [1.29, 1.82) is 0 Å². The van der Waals surface area contributed by atoms with Crippen LogP contribution in [0.4, 0.5) is 34.1 Å². The molecule has 0 aromatic heterocycles. The summed E-state index contributed by atoms with van der Waals surface area (Å²) >= 11 is 0. The Bertz CT molecular complexity index is 1790. The minimum atomic E-state index is -0.134. The Morgan fingerprint density at radius 1 is 0.439 bits per heavy atom. The van der Waals surface area contributed by atoms with E-state index in [-0.39, 0.29) is 5.41 Å².